The molecule has 21 heavy (non-hydrogen) atoms. The number of nitrogens with zero attached hydrogens (tertiary/aromatic N) is 4. The standard InChI is InChI=1S/C13H24N4O3S/c1-4-7-10-21(19,20)12-14-11-17(15-12)13(18)16(8-5-2)9-6-3/h11H,4-10H2,1-3H3. The minimum Gasteiger partial charge on any atom is -0.323 e. The maximum Gasteiger partial charge on any atom is 0.346 e. The number of hydrogen-bond acceptors (Lipinski definition) is 5. The molecule has 0 aliphatic heterocycles. The summed E-state index contributed by atoms with van der Waals surface area (Å²) in [4.78, 5) is 17.7. The molecule has 1 rings (SSSR count). The summed E-state index contributed by atoms with van der Waals surface area (Å²) in [5.74, 6) is 0.00926. The minimum absolute atomic E-state index is 0.00926. The Morgan fingerprint density at radius 3 is 2.33 bits per heavy atom. The van der Waals surface area contributed by atoms with Crippen LogP contribution in [-0.4, -0.2) is 53.0 Å². The van der Waals surface area contributed by atoms with Crippen molar-refractivity contribution in [2.45, 2.75) is 51.6 Å². The highest BCUT2D eigenvalue weighted by Crippen LogP contribution is 2.08. The van der Waals surface area contributed by atoms with E-state index >= 15 is 0 Å². The van der Waals surface area contributed by atoms with Gasteiger partial charge in [-0.2, -0.15) is 4.68 Å². The van der Waals surface area contributed by atoms with E-state index in [1.807, 2.05) is 20.8 Å². The van der Waals surface area contributed by atoms with Crippen LogP contribution in [-0.2, 0) is 9.84 Å². The molecule has 0 aliphatic carbocycles. The van der Waals surface area contributed by atoms with E-state index in [9.17, 15) is 13.2 Å². The number of hydrogen-bond donors (Lipinski definition) is 0. The Bertz CT molecular complexity index is 548. The Kier molecular flexibility index (Phi) is 6.80. The fraction of sp³-hybridized carbons (Fsp3) is 0.769. The van der Waals surface area contributed by atoms with E-state index < -0.39 is 9.84 Å². The van der Waals surface area contributed by atoms with Crippen LogP contribution in [0.3, 0.4) is 0 Å². The molecular weight excluding hydrogens is 292 g/mol. The number of carbonyl (C=O) groups excluding carboxylic acids is 1. The van der Waals surface area contributed by atoms with E-state index in [-0.39, 0.29) is 16.9 Å². The Morgan fingerprint density at radius 2 is 1.81 bits per heavy atom. The van der Waals surface area contributed by atoms with Crippen molar-refractivity contribution in [1.82, 2.24) is 19.7 Å². The Hall–Kier alpha value is -1.44. The van der Waals surface area contributed by atoms with Gasteiger partial charge in [-0.3, -0.25) is 0 Å². The normalized spacial score (nSPS) is 11.6. The average molecular weight is 316 g/mol. The van der Waals surface area contributed by atoms with Crippen molar-refractivity contribution in [1.29, 1.82) is 0 Å². The molecule has 0 aromatic carbocycles. The average Bonchev–Trinajstić information content (AvgIpc) is 2.95. The zero-order valence-electron chi connectivity index (χ0n) is 12.9. The molecule has 7 nitrogen and oxygen atoms in total. The molecule has 1 aromatic rings. The molecule has 0 saturated carbocycles. The molecule has 0 aliphatic rings. The highest BCUT2D eigenvalue weighted by Gasteiger charge is 2.22. The zero-order valence-corrected chi connectivity index (χ0v) is 13.8. The first kappa shape index (κ1) is 17.6. The zero-order chi connectivity index (χ0) is 15.9. The molecule has 0 saturated heterocycles. The predicted octanol–water partition coefficient (Wildman–Crippen LogP) is 1.94. The second-order valence-electron chi connectivity index (χ2n) is 4.91. The summed E-state index contributed by atoms with van der Waals surface area (Å²) in [5, 5.41) is 3.58. The van der Waals surface area contributed by atoms with Gasteiger partial charge in [-0.1, -0.05) is 27.2 Å². The van der Waals surface area contributed by atoms with E-state index in [2.05, 4.69) is 10.1 Å². The lowest BCUT2D eigenvalue weighted by molar-refractivity contribution is 0.196. The van der Waals surface area contributed by atoms with Gasteiger partial charge in [0.15, 0.2) is 0 Å². The lowest BCUT2D eigenvalue weighted by atomic mass is 10.4. The van der Waals surface area contributed by atoms with E-state index in [0.29, 0.717) is 19.5 Å². The second kappa shape index (κ2) is 8.11. The first-order valence-electron chi connectivity index (χ1n) is 7.39. The number of rotatable bonds is 8. The molecule has 0 spiro atoms. The number of sulfone groups is 1. The molecule has 1 heterocycles. The van der Waals surface area contributed by atoms with Crippen molar-refractivity contribution in [2.24, 2.45) is 0 Å². The van der Waals surface area contributed by atoms with Crippen LogP contribution >= 0.6 is 0 Å². The smallest absolute Gasteiger partial charge is 0.323 e. The lowest BCUT2D eigenvalue weighted by Gasteiger charge is -2.20. The molecule has 0 unspecified atom stereocenters. The number of carbonyl (C=O) groups is 1. The predicted molar refractivity (Wildman–Crippen MR) is 79.9 cm³/mol. The van der Waals surface area contributed by atoms with E-state index in [1.165, 1.54) is 6.33 Å². The van der Waals surface area contributed by atoms with Gasteiger partial charge < -0.3 is 4.90 Å². The fourth-order valence-corrected chi connectivity index (χ4v) is 3.17. The van der Waals surface area contributed by atoms with Gasteiger partial charge >= 0.3 is 6.03 Å². The summed E-state index contributed by atoms with van der Waals surface area (Å²) < 4.78 is 25.0. The minimum atomic E-state index is -3.50. The van der Waals surface area contributed by atoms with Crippen LogP contribution in [0.15, 0.2) is 11.5 Å². The third-order valence-electron chi connectivity index (χ3n) is 2.97. The molecule has 8 heteroatoms. The van der Waals surface area contributed by atoms with Crippen LogP contribution in [0.1, 0.15) is 46.5 Å². The van der Waals surface area contributed by atoms with Crippen LogP contribution in [0.2, 0.25) is 0 Å². The monoisotopic (exact) mass is 316 g/mol. The van der Waals surface area contributed by atoms with Crippen molar-refractivity contribution in [3.8, 4) is 0 Å². The van der Waals surface area contributed by atoms with Gasteiger partial charge in [-0.25, -0.2) is 18.2 Å². The second-order valence-corrected chi connectivity index (χ2v) is 6.92. The van der Waals surface area contributed by atoms with Crippen molar-refractivity contribution in [3.63, 3.8) is 0 Å². The molecule has 120 valence electrons. The van der Waals surface area contributed by atoms with Gasteiger partial charge in [0.25, 0.3) is 5.16 Å². The first-order valence-corrected chi connectivity index (χ1v) is 9.05. The van der Waals surface area contributed by atoms with Crippen LogP contribution in [0.5, 0.6) is 0 Å². The molecule has 0 fully saturated rings. The topological polar surface area (TPSA) is 85.2 Å². The number of aromatic nitrogens is 3. The Balaban J connectivity index is 2.89. The summed E-state index contributed by atoms with van der Waals surface area (Å²) in [6, 6.07) is -0.330. The summed E-state index contributed by atoms with van der Waals surface area (Å²) in [6.45, 7) is 7.11. The molecule has 1 aromatic heterocycles. The summed E-state index contributed by atoms with van der Waals surface area (Å²) in [6.07, 6.45) is 4.19. The van der Waals surface area contributed by atoms with E-state index in [4.69, 9.17) is 0 Å². The fourth-order valence-electron chi connectivity index (χ4n) is 1.90. The van der Waals surface area contributed by atoms with E-state index in [0.717, 1.165) is 23.9 Å². The first-order chi connectivity index (χ1) is 9.96. The summed E-state index contributed by atoms with van der Waals surface area (Å²) >= 11 is 0. The highest BCUT2D eigenvalue weighted by atomic mass is 32.2. The summed E-state index contributed by atoms with van der Waals surface area (Å²) in [7, 11) is -3.50. The van der Waals surface area contributed by atoms with Crippen LogP contribution in [0.4, 0.5) is 4.79 Å². The van der Waals surface area contributed by atoms with Crippen molar-refractivity contribution >= 4 is 15.9 Å². The van der Waals surface area contributed by atoms with Crippen LogP contribution in [0, 0.1) is 0 Å². The Labute approximate surface area is 126 Å². The van der Waals surface area contributed by atoms with Crippen molar-refractivity contribution in [3.05, 3.63) is 6.33 Å². The molecule has 0 N–H and O–H groups in total. The molecule has 1 amide bonds. The van der Waals surface area contributed by atoms with Crippen LogP contribution in [0.25, 0.3) is 0 Å². The van der Waals surface area contributed by atoms with Gasteiger partial charge in [0.1, 0.15) is 6.33 Å². The molecule has 0 bridgehead atoms. The molecule has 0 atom stereocenters. The third-order valence-corrected chi connectivity index (χ3v) is 4.54. The molecule has 0 radical (unpaired) electrons. The SMILES string of the molecule is CCCCS(=O)(=O)c1ncn(C(=O)N(CCC)CCC)n1. The van der Waals surface area contributed by atoms with Gasteiger partial charge in [-0.15, -0.1) is 5.10 Å². The third kappa shape index (κ3) is 4.80. The van der Waals surface area contributed by atoms with Gasteiger partial charge in [0.05, 0.1) is 5.75 Å². The van der Waals surface area contributed by atoms with Gasteiger partial charge in [0.2, 0.25) is 9.84 Å². The Morgan fingerprint density at radius 1 is 1.19 bits per heavy atom. The highest BCUT2D eigenvalue weighted by molar-refractivity contribution is 7.91. The number of unbranched alkanes of at least 4 members (excludes halogenated alkanes) is 1. The quantitative estimate of drug-likeness (QED) is 0.731. The van der Waals surface area contributed by atoms with Gasteiger partial charge in [-0.05, 0) is 19.3 Å². The van der Waals surface area contributed by atoms with E-state index in [1.54, 1.807) is 4.90 Å². The maximum atomic E-state index is 12.3. The van der Waals surface area contributed by atoms with Crippen molar-refractivity contribution < 1.29 is 13.2 Å². The largest absolute Gasteiger partial charge is 0.346 e. The maximum absolute atomic E-state index is 12.3. The lowest BCUT2D eigenvalue weighted by Crippen LogP contribution is -2.36. The van der Waals surface area contributed by atoms with Crippen LogP contribution < -0.4 is 0 Å². The van der Waals surface area contributed by atoms with Gasteiger partial charge in [0, 0.05) is 13.1 Å². The number of amides is 1. The van der Waals surface area contributed by atoms with Crippen molar-refractivity contribution in [2.75, 3.05) is 18.8 Å². The summed E-state index contributed by atoms with van der Waals surface area (Å²) in [5.41, 5.74) is 0. The molecular formula is C13H24N4O3S.